The van der Waals surface area contributed by atoms with Gasteiger partial charge < -0.3 is 20.4 Å². The first-order valence-electron chi connectivity index (χ1n) is 12.4. The molecule has 0 radical (unpaired) electrons. The predicted molar refractivity (Wildman–Crippen MR) is 121 cm³/mol. The second-order valence-electron chi connectivity index (χ2n) is 9.12. The van der Waals surface area contributed by atoms with Gasteiger partial charge in [-0.1, -0.05) is 64.2 Å². The molecule has 0 aliphatic carbocycles. The van der Waals surface area contributed by atoms with E-state index in [9.17, 15) is 0 Å². The molecule has 0 aromatic heterocycles. The van der Waals surface area contributed by atoms with Crippen molar-refractivity contribution in [3.63, 3.8) is 0 Å². The van der Waals surface area contributed by atoms with E-state index in [0.717, 1.165) is 18.8 Å². The Bertz CT molecular complexity index is 302. The van der Waals surface area contributed by atoms with Crippen LogP contribution in [0.4, 0.5) is 0 Å². The molecule has 1 heterocycles. The third-order valence-electron chi connectivity index (χ3n) is 6.45. The monoisotopic (exact) mass is 398 g/mol. The maximum atomic E-state index is 8.86. The highest BCUT2D eigenvalue weighted by Gasteiger charge is 2.18. The van der Waals surface area contributed by atoms with Crippen molar-refractivity contribution in [2.75, 3.05) is 39.9 Å². The van der Waals surface area contributed by atoms with E-state index >= 15 is 0 Å². The van der Waals surface area contributed by atoms with Gasteiger partial charge in [-0.15, -0.1) is 0 Å². The molecular formula is C24H50N2O2. The van der Waals surface area contributed by atoms with Gasteiger partial charge in [-0.2, -0.15) is 0 Å². The van der Waals surface area contributed by atoms with Crippen LogP contribution in [0.3, 0.4) is 0 Å². The predicted octanol–water partition coefficient (Wildman–Crippen LogP) is 4.73. The van der Waals surface area contributed by atoms with Crippen molar-refractivity contribution in [1.82, 2.24) is 10.2 Å². The molecule has 1 saturated heterocycles. The van der Waals surface area contributed by atoms with Gasteiger partial charge in [0, 0.05) is 19.3 Å². The van der Waals surface area contributed by atoms with Crippen molar-refractivity contribution in [3.8, 4) is 0 Å². The zero-order valence-electron chi connectivity index (χ0n) is 18.8. The first-order chi connectivity index (χ1) is 13.8. The lowest BCUT2D eigenvalue weighted by Crippen LogP contribution is -2.38. The van der Waals surface area contributed by atoms with E-state index in [0.29, 0.717) is 19.3 Å². The van der Waals surface area contributed by atoms with Crippen LogP contribution < -0.4 is 5.32 Å². The van der Waals surface area contributed by atoms with Crippen LogP contribution in [0.5, 0.6) is 0 Å². The highest BCUT2D eigenvalue weighted by atomic mass is 16.3. The third-order valence-corrected chi connectivity index (χ3v) is 6.45. The van der Waals surface area contributed by atoms with Gasteiger partial charge in [-0.05, 0) is 71.1 Å². The summed E-state index contributed by atoms with van der Waals surface area (Å²) in [4.78, 5) is 2.46. The number of nitrogens with one attached hydrogen (secondary N) is 1. The normalized spacial score (nSPS) is 16.3. The lowest BCUT2D eigenvalue weighted by molar-refractivity contribution is 0.210. The fraction of sp³-hybridized carbons (Fsp3) is 1.00. The lowest BCUT2D eigenvalue weighted by atomic mass is 9.95. The van der Waals surface area contributed by atoms with Gasteiger partial charge in [0.2, 0.25) is 0 Å². The van der Waals surface area contributed by atoms with Crippen molar-refractivity contribution in [1.29, 1.82) is 0 Å². The minimum Gasteiger partial charge on any atom is -0.396 e. The van der Waals surface area contributed by atoms with E-state index in [-0.39, 0.29) is 0 Å². The smallest absolute Gasteiger partial charge is 0.0431 e. The number of hydrogen-bond acceptors (Lipinski definition) is 4. The Morgan fingerprint density at radius 1 is 0.714 bits per heavy atom. The fourth-order valence-electron chi connectivity index (χ4n) is 4.37. The number of likely N-dealkylation sites (tertiary alicyclic amines) is 1. The van der Waals surface area contributed by atoms with Gasteiger partial charge in [-0.3, -0.25) is 0 Å². The van der Waals surface area contributed by atoms with E-state index in [2.05, 4.69) is 17.3 Å². The lowest BCUT2D eigenvalue weighted by Gasteiger charge is -2.30. The Balaban J connectivity index is 2.16. The van der Waals surface area contributed by atoms with Gasteiger partial charge in [0.25, 0.3) is 0 Å². The topological polar surface area (TPSA) is 55.7 Å². The second kappa shape index (κ2) is 18.8. The van der Waals surface area contributed by atoms with E-state index in [1.165, 1.54) is 110 Å². The molecule has 1 aliphatic heterocycles. The summed E-state index contributed by atoms with van der Waals surface area (Å²) in [6.45, 7) is 4.44. The summed E-state index contributed by atoms with van der Waals surface area (Å²) in [6.07, 6.45) is 20.3. The summed E-state index contributed by atoms with van der Waals surface area (Å²) in [5, 5.41) is 21.7. The molecular weight excluding hydrogens is 348 g/mol. The van der Waals surface area contributed by atoms with Gasteiger partial charge in [0.1, 0.15) is 0 Å². The van der Waals surface area contributed by atoms with Gasteiger partial charge in [0.05, 0.1) is 0 Å². The molecule has 0 unspecified atom stereocenters. The molecule has 0 aromatic carbocycles. The van der Waals surface area contributed by atoms with Crippen molar-refractivity contribution in [2.24, 2.45) is 5.92 Å². The number of rotatable bonds is 19. The van der Waals surface area contributed by atoms with Crippen LogP contribution >= 0.6 is 0 Å². The molecule has 4 nitrogen and oxygen atoms in total. The molecule has 0 atom stereocenters. The minimum atomic E-state index is 0.350. The largest absolute Gasteiger partial charge is 0.396 e. The van der Waals surface area contributed by atoms with Crippen LogP contribution in [0.15, 0.2) is 0 Å². The van der Waals surface area contributed by atoms with Crippen molar-refractivity contribution in [3.05, 3.63) is 0 Å². The summed E-state index contributed by atoms with van der Waals surface area (Å²) in [5.74, 6) is 0.871. The number of aliphatic hydroxyl groups excluding tert-OH is 2. The zero-order valence-corrected chi connectivity index (χ0v) is 18.8. The Kier molecular flexibility index (Phi) is 17.4. The van der Waals surface area contributed by atoms with Crippen LogP contribution in [0.25, 0.3) is 0 Å². The first kappa shape index (κ1) is 25.9. The summed E-state index contributed by atoms with van der Waals surface area (Å²) < 4.78 is 0. The standard InChI is InChI=1S/C24H50N2O2/c1-26-18-16-23(17-19-26)22-25-24(14-10-6-2-4-8-12-20-27)15-11-7-3-5-9-13-21-28/h23-25,27-28H,2-22H2,1H3. The fourth-order valence-corrected chi connectivity index (χ4v) is 4.37. The molecule has 1 aliphatic rings. The summed E-state index contributed by atoms with van der Waals surface area (Å²) in [7, 11) is 2.24. The number of unbranched alkanes of at least 4 members (excludes halogenated alkanes) is 10. The Morgan fingerprint density at radius 2 is 1.14 bits per heavy atom. The second-order valence-corrected chi connectivity index (χ2v) is 9.12. The van der Waals surface area contributed by atoms with Crippen molar-refractivity contribution < 1.29 is 10.2 Å². The van der Waals surface area contributed by atoms with Crippen LogP contribution in [0, 0.1) is 5.92 Å². The molecule has 0 spiro atoms. The van der Waals surface area contributed by atoms with Crippen LogP contribution in [-0.2, 0) is 0 Å². The minimum absolute atomic E-state index is 0.350. The molecule has 28 heavy (non-hydrogen) atoms. The number of nitrogens with zero attached hydrogens (tertiary/aromatic N) is 1. The summed E-state index contributed by atoms with van der Waals surface area (Å²) >= 11 is 0. The third kappa shape index (κ3) is 14.8. The molecule has 1 fully saturated rings. The highest BCUT2D eigenvalue weighted by molar-refractivity contribution is 4.75. The number of hydrogen-bond donors (Lipinski definition) is 3. The molecule has 3 N–H and O–H groups in total. The summed E-state index contributed by atoms with van der Waals surface area (Å²) in [6, 6.07) is 0.703. The Morgan fingerprint density at radius 3 is 1.61 bits per heavy atom. The van der Waals surface area contributed by atoms with E-state index in [4.69, 9.17) is 10.2 Å². The van der Waals surface area contributed by atoms with Crippen LogP contribution in [0.2, 0.25) is 0 Å². The summed E-state index contributed by atoms with van der Waals surface area (Å²) in [5.41, 5.74) is 0. The number of aliphatic hydroxyl groups is 2. The SMILES string of the molecule is CN1CCC(CNC(CCCCCCCCO)CCCCCCCCO)CC1. The average molecular weight is 399 g/mol. The average Bonchev–Trinajstić information content (AvgIpc) is 2.71. The Hall–Kier alpha value is -0.160. The van der Waals surface area contributed by atoms with Crippen LogP contribution in [0.1, 0.15) is 103 Å². The van der Waals surface area contributed by atoms with Gasteiger partial charge in [-0.25, -0.2) is 0 Å². The van der Waals surface area contributed by atoms with Gasteiger partial charge in [0.15, 0.2) is 0 Å². The maximum absolute atomic E-state index is 8.86. The molecule has 168 valence electrons. The molecule has 0 saturated carbocycles. The molecule has 0 bridgehead atoms. The van der Waals surface area contributed by atoms with Crippen molar-refractivity contribution >= 4 is 0 Å². The molecule has 4 heteroatoms. The molecule has 0 amide bonds. The van der Waals surface area contributed by atoms with Crippen molar-refractivity contribution in [2.45, 2.75) is 109 Å². The quantitative estimate of drug-likeness (QED) is 0.275. The van der Waals surface area contributed by atoms with Gasteiger partial charge >= 0.3 is 0 Å². The highest BCUT2D eigenvalue weighted by Crippen LogP contribution is 2.18. The first-order valence-corrected chi connectivity index (χ1v) is 12.4. The molecule has 0 aromatic rings. The van der Waals surface area contributed by atoms with Crippen LogP contribution in [-0.4, -0.2) is 61.1 Å². The number of piperidine rings is 1. The molecule has 1 rings (SSSR count). The maximum Gasteiger partial charge on any atom is 0.0431 e. The van der Waals surface area contributed by atoms with E-state index < -0.39 is 0 Å². The Labute approximate surface area is 175 Å². The van der Waals surface area contributed by atoms with E-state index in [1.54, 1.807) is 0 Å². The van der Waals surface area contributed by atoms with E-state index in [1.807, 2.05) is 0 Å². The zero-order chi connectivity index (χ0) is 20.3.